The van der Waals surface area contributed by atoms with Crippen LogP contribution in [0.25, 0.3) is 0 Å². The summed E-state index contributed by atoms with van der Waals surface area (Å²) >= 11 is 5.23. The Bertz CT molecular complexity index is 227. The molecule has 0 aliphatic rings. The summed E-state index contributed by atoms with van der Waals surface area (Å²) in [6, 6.07) is 0. The lowest BCUT2D eigenvalue weighted by Gasteiger charge is -1.91. The van der Waals surface area contributed by atoms with Gasteiger partial charge in [-0.1, -0.05) is 11.6 Å². The average molecular weight is 148 g/mol. The van der Waals surface area contributed by atoms with E-state index in [1.807, 2.05) is 0 Å². The number of nitrogen functional groups attached to an aromatic ring is 1. The third-order valence-corrected chi connectivity index (χ3v) is 0.973. The third-order valence-electron chi connectivity index (χ3n) is 0.720. The fourth-order valence-corrected chi connectivity index (χ4v) is 0.450. The second kappa shape index (κ2) is 2.14. The standard InChI is InChI=1S/C4H3ClFN3/c5-2-1-8-4(7)9-3(2)6/h1H,(H2,7,8,9). The molecule has 0 aromatic carbocycles. The number of hydrogen-bond donors (Lipinski definition) is 1. The molecule has 0 spiro atoms. The number of nitrogens with two attached hydrogens (primary N) is 1. The van der Waals surface area contributed by atoms with Crippen molar-refractivity contribution in [3.8, 4) is 0 Å². The summed E-state index contributed by atoms with van der Waals surface area (Å²) in [4.78, 5) is 6.58. The van der Waals surface area contributed by atoms with Gasteiger partial charge in [-0.3, -0.25) is 0 Å². The number of rotatable bonds is 0. The first-order chi connectivity index (χ1) is 4.20. The van der Waals surface area contributed by atoms with E-state index in [2.05, 4.69) is 9.97 Å². The Hall–Kier alpha value is -0.900. The molecule has 5 heteroatoms. The fraction of sp³-hybridized carbons (Fsp3) is 0. The molecule has 0 radical (unpaired) electrons. The van der Waals surface area contributed by atoms with Crippen molar-refractivity contribution in [3.05, 3.63) is 17.2 Å². The van der Waals surface area contributed by atoms with E-state index < -0.39 is 5.95 Å². The highest BCUT2D eigenvalue weighted by Gasteiger charge is 1.99. The molecule has 1 aromatic rings. The van der Waals surface area contributed by atoms with Gasteiger partial charge in [-0.2, -0.15) is 9.37 Å². The minimum absolute atomic E-state index is 0.114. The summed E-state index contributed by atoms with van der Waals surface area (Å²) in [6.45, 7) is 0. The van der Waals surface area contributed by atoms with Crippen molar-refractivity contribution in [1.82, 2.24) is 9.97 Å². The first-order valence-corrected chi connectivity index (χ1v) is 2.51. The van der Waals surface area contributed by atoms with Gasteiger partial charge in [0.05, 0.1) is 6.20 Å². The van der Waals surface area contributed by atoms with Gasteiger partial charge in [0, 0.05) is 0 Å². The van der Waals surface area contributed by atoms with Gasteiger partial charge in [0.2, 0.25) is 11.9 Å². The number of nitrogens with zero attached hydrogens (tertiary/aromatic N) is 2. The van der Waals surface area contributed by atoms with Crippen LogP contribution in [0.3, 0.4) is 0 Å². The molecule has 1 aromatic heterocycles. The van der Waals surface area contributed by atoms with Crippen molar-refractivity contribution < 1.29 is 4.39 Å². The lowest BCUT2D eigenvalue weighted by atomic mass is 10.6. The summed E-state index contributed by atoms with van der Waals surface area (Å²) in [5.74, 6) is -0.902. The van der Waals surface area contributed by atoms with Crippen LogP contribution < -0.4 is 5.73 Å². The van der Waals surface area contributed by atoms with Gasteiger partial charge >= 0.3 is 0 Å². The van der Waals surface area contributed by atoms with Crippen molar-refractivity contribution >= 4 is 17.5 Å². The molecule has 48 valence electrons. The molecule has 0 unspecified atom stereocenters. The zero-order chi connectivity index (χ0) is 6.85. The molecule has 0 fully saturated rings. The maximum atomic E-state index is 12.2. The lowest BCUT2D eigenvalue weighted by Crippen LogP contribution is -1.96. The molecular weight excluding hydrogens is 145 g/mol. The molecule has 0 bridgehead atoms. The fourth-order valence-electron chi connectivity index (χ4n) is 0.359. The second-order valence-electron chi connectivity index (χ2n) is 1.37. The van der Waals surface area contributed by atoms with Crippen molar-refractivity contribution in [2.45, 2.75) is 0 Å². The molecule has 1 rings (SSSR count). The minimum atomic E-state index is -0.788. The summed E-state index contributed by atoms with van der Waals surface area (Å²) in [5, 5.41) is -0.121. The van der Waals surface area contributed by atoms with Crippen LogP contribution in [-0.4, -0.2) is 9.97 Å². The highest BCUT2D eigenvalue weighted by Crippen LogP contribution is 2.09. The predicted molar refractivity (Wildman–Crippen MR) is 31.4 cm³/mol. The summed E-state index contributed by atoms with van der Waals surface area (Å²) < 4.78 is 12.2. The molecule has 1 heterocycles. The van der Waals surface area contributed by atoms with Crippen molar-refractivity contribution in [1.29, 1.82) is 0 Å². The normalized spacial score (nSPS) is 9.56. The van der Waals surface area contributed by atoms with Gasteiger partial charge in [0.1, 0.15) is 5.02 Å². The molecule has 0 amide bonds. The third kappa shape index (κ3) is 1.26. The zero-order valence-corrected chi connectivity index (χ0v) is 5.06. The van der Waals surface area contributed by atoms with E-state index in [4.69, 9.17) is 17.3 Å². The smallest absolute Gasteiger partial charge is 0.236 e. The Morgan fingerprint density at radius 1 is 1.67 bits per heavy atom. The molecule has 9 heavy (non-hydrogen) atoms. The van der Waals surface area contributed by atoms with Crippen LogP contribution in [0, 0.1) is 5.95 Å². The van der Waals surface area contributed by atoms with Gasteiger partial charge in [-0.05, 0) is 0 Å². The van der Waals surface area contributed by atoms with Crippen molar-refractivity contribution in [2.24, 2.45) is 0 Å². The maximum absolute atomic E-state index is 12.2. The molecule has 2 N–H and O–H groups in total. The van der Waals surface area contributed by atoms with Crippen LogP contribution >= 0.6 is 11.6 Å². The predicted octanol–water partition coefficient (Wildman–Crippen LogP) is 0.851. The number of hydrogen-bond acceptors (Lipinski definition) is 3. The van der Waals surface area contributed by atoms with Crippen molar-refractivity contribution in [3.63, 3.8) is 0 Å². The Kier molecular flexibility index (Phi) is 1.48. The van der Waals surface area contributed by atoms with E-state index in [0.29, 0.717) is 0 Å². The van der Waals surface area contributed by atoms with Crippen LogP contribution in [0.4, 0.5) is 10.3 Å². The van der Waals surface area contributed by atoms with Gasteiger partial charge in [-0.25, -0.2) is 4.98 Å². The van der Waals surface area contributed by atoms with Crippen LogP contribution in [0.2, 0.25) is 5.02 Å². The first kappa shape index (κ1) is 6.22. The summed E-state index contributed by atoms with van der Waals surface area (Å²) in [7, 11) is 0. The van der Waals surface area contributed by atoms with Gasteiger partial charge in [0.25, 0.3) is 0 Å². The van der Waals surface area contributed by atoms with E-state index in [1.165, 1.54) is 0 Å². The largest absolute Gasteiger partial charge is 0.368 e. The van der Waals surface area contributed by atoms with E-state index >= 15 is 0 Å². The average Bonchev–Trinajstić information content (AvgIpc) is 1.80. The molecule has 0 aliphatic heterocycles. The molecule has 3 nitrogen and oxygen atoms in total. The molecule has 0 atom stereocenters. The van der Waals surface area contributed by atoms with Gasteiger partial charge < -0.3 is 5.73 Å². The Balaban J connectivity index is 3.17. The highest BCUT2D eigenvalue weighted by atomic mass is 35.5. The number of aromatic nitrogens is 2. The number of halogens is 2. The lowest BCUT2D eigenvalue weighted by molar-refractivity contribution is 0.582. The highest BCUT2D eigenvalue weighted by molar-refractivity contribution is 6.30. The second-order valence-corrected chi connectivity index (χ2v) is 1.77. The Morgan fingerprint density at radius 2 is 2.33 bits per heavy atom. The summed E-state index contributed by atoms with van der Waals surface area (Å²) in [5.41, 5.74) is 5.01. The van der Waals surface area contributed by atoms with E-state index in [0.717, 1.165) is 6.20 Å². The van der Waals surface area contributed by atoms with Crippen LogP contribution in [0.5, 0.6) is 0 Å². The van der Waals surface area contributed by atoms with Crippen LogP contribution in [0.15, 0.2) is 6.20 Å². The zero-order valence-electron chi connectivity index (χ0n) is 4.31. The SMILES string of the molecule is Nc1ncc(Cl)c(F)n1. The van der Waals surface area contributed by atoms with E-state index in [9.17, 15) is 4.39 Å². The maximum Gasteiger partial charge on any atom is 0.236 e. The summed E-state index contributed by atoms with van der Waals surface area (Å²) in [6.07, 6.45) is 1.11. The van der Waals surface area contributed by atoms with E-state index in [-0.39, 0.29) is 11.0 Å². The quantitative estimate of drug-likeness (QED) is 0.554. The number of anilines is 1. The van der Waals surface area contributed by atoms with Gasteiger partial charge in [0.15, 0.2) is 0 Å². The van der Waals surface area contributed by atoms with Gasteiger partial charge in [-0.15, -0.1) is 0 Å². The minimum Gasteiger partial charge on any atom is -0.368 e. The van der Waals surface area contributed by atoms with Crippen molar-refractivity contribution in [2.75, 3.05) is 5.73 Å². The molecule has 0 aliphatic carbocycles. The monoisotopic (exact) mass is 147 g/mol. The molecule has 0 saturated heterocycles. The van der Waals surface area contributed by atoms with Crippen LogP contribution in [0.1, 0.15) is 0 Å². The first-order valence-electron chi connectivity index (χ1n) is 2.13. The Labute approximate surface area is 55.7 Å². The Morgan fingerprint density at radius 3 is 2.78 bits per heavy atom. The molecule has 0 saturated carbocycles. The molecular formula is C4H3ClFN3. The van der Waals surface area contributed by atoms with E-state index in [1.54, 1.807) is 0 Å². The topological polar surface area (TPSA) is 51.8 Å². The van der Waals surface area contributed by atoms with Crippen LogP contribution in [-0.2, 0) is 0 Å².